The fourth-order valence-corrected chi connectivity index (χ4v) is 2.95. The summed E-state index contributed by atoms with van der Waals surface area (Å²) in [6.07, 6.45) is 0. The summed E-state index contributed by atoms with van der Waals surface area (Å²) in [4.78, 5) is 35.5. The molecule has 0 atom stereocenters. The van der Waals surface area contributed by atoms with Gasteiger partial charge in [0.05, 0.1) is 11.4 Å². The molecule has 1 heterocycles. The molecule has 156 valence electrons. The number of thiophene rings is 1. The zero-order chi connectivity index (χ0) is 21.3. The molecule has 2 N–H and O–H groups in total. The van der Waals surface area contributed by atoms with Crippen molar-refractivity contribution in [3.8, 4) is 5.75 Å². The lowest BCUT2D eigenvalue weighted by molar-refractivity contribution is -0.147. The van der Waals surface area contributed by atoms with E-state index in [4.69, 9.17) is 9.47 Å². The maximum atomic E-state index is 11.7. The highest BCUT2D eigenvalue weighted by atomic mass is 32.1. The molecule has 0 unspecified atom stereocenters. The van der Waals surface area contributed by atoms with Gasteiger partial charge >= 0.3 is 5.97 Å². The number of amides is 2. The van der Waals surface area contributed by atoms with E-state index in [1.165, 1.54) is 16.9 Å². The van der Waals surface area contributed by atoms with E-state index in [9.17, 15) is 14.4 Å². The summed E-state index contributed by atoms with van der Waals surface area (Å²) in [5, 5.41) is 6.81. The van der Waals surface area contributed by atoms with Crippen LogP contribution in [0.25, 0.3) is 0 Å². The molecule has 2 amide bonds. The normalized spacial score (nSPS) is 10.9. The predicted molar refractivity (Wildman–Crippen MR) is 111 cm³/mol. The molecule has 1 aromatic heterocycles. The Morgan fingerprint density at radius 3 is 2.38 bits per heavy atom. The summed E-state index contributed by atoms with van der Waals surface area (Å²) < 4.78 is 10.4. The Labute approximate surface area is 174 Å². The van der Waals surface area contributed by atoms with Crippen LogP contribution in [0.5, 0.6) is 5.75 Å². The van der Waals surface area contributed by atoms with Gasteiger partial charge in [0.1, 0.15) is 18.9 Å². The Balaban J connectivity index is 1.57. The summed E-state index contributed by atoms with van der Waals surface area (Å²) in [5.74, 6) is -0.746. The largest absolute Gasteiger partial charge is 0.492 e. The third-order valence-corrected chi connectivity index (χ3v) is 4.78. The van der Waals surface area contributed by atoms with Gasteiger partial charge in [-0.25, -0.2) is 0 Å². The first-order valence-electron chi connectivity index (χ1n) is 9.23. The number of carbonyl (C=O) groups is 3. The van der Waals surface area contributed by atoms with E-state index in [2.05, 4.69) is 31.4 Å². The molecule has 0 bridgehead atoms. The van der Waals surface area contributed by atoms with Crippen LogP contribution in [0.4, 0.5) is 0 Å². The Morgan fingerprint density at radius 2 is 1.76 bits per heavy atom. The molecule has 0 saturated heterocycles. The van der Waals surface area contributed by atoms with Crippen molar-refractivity contribution in [2.24, 2.45) is 0 Å². The number of carbonyl (C=O) groups excluding carboxylic acids is 3. The monoisotopic (exact) mass is 418 g/mol. The maximum absolute atomic E-state index is 11.7. The lowest BCUT2D eigenvalue weighted by Crippen LogP contribution is -2.35. The molecule has 2 aromatic rings. The standard InChI is InChI=1S/C21H26N2O5S/c1-21(2,3)15-6-8-16(9-7-15)27-11-10-22-18(24)14-28-19(25)13-23-20(26)17-5-4-12-29-17/h4-9,12H,10-11,13-14H2,1-3H3,(H,22,24)(H,23,26). The minimum absolute atomic E-state index is 0.0801. The van der Waals surface area contributed by atoms with Gasteiger partial charge in [0.25, 0.3) is 11.8 Å². The highest BCUT2D eigenvalue weighted by molar-refractivity contribution is 7.12. The van der Waals surface area contributed by atoms with E-state index >= 15 is 0 Å². The van der Waals surface area contributed by atoms with E-state index < -0.39 is 18.5 Å². The number of ether oxygens (including phenoxy) is 2. The van der Waals surface area contributed by atoms with Crippen molar-refractivity contribution in [3.05, 3.63) is 52.2 Å². The molecule has 8 heteroatoms. The number of rotatable bonds is 9. The average Bonchev–Trinajstić information content (AvgIpc) is 3.22. The van der Waals surface area contributed by atoms with Crippen LogP contribution in [-0.4, -0.2) is 44.1 Å². The minimum atomic E-state index is -0.680. The maximum Gasteiger partial charge on any atom is 0.325 e. The summed E-state index contributed by atoms with van der Waals surface area (Å²) in [7, 11) is 0. The van der Waals surface area contributed by atoms with Gasteiger partial charge in [-0.3, -0.25) is 14.4 Å². The van der Waals surface area contributed by atoms with E-state index in [0.29, 0.717) is 11.5 Å². The first kappa shape index (κ1) is 22.4. The molecular formula is C21H26N2O5S. The molecule has 29 heavy (non-hydrogen) atoms. The molecule has 0 fully saturated rings. The summed E-state index contributed by atoms with van der Waals surface area (Å²) in [5.41, 5.74) is 1.29. The van der Waals surface area contributed by atoms with Crippen molar-refractivity contribution in [2.45, 2.75) is 26.2 Å². The van der Waals surface area contributed by atoms with Crippen molar-refractivity contribution < 1.29 is 23.9 Å². The van der Waals surface area contributed by atoms with Crippen molar-refractivity contribution >= 4 is 29.1 Å². The minimum Gasteiger partial charge on any atom is -0.492 e. The fourth-order valence-electron chi connectivity index (χ4n) is 2.31. The van der Waals surface area contributed by atoms with Crippen LogP contribution in [0, 0.1) is 0 Å². The second kappa shape index (κ2) is 10.6. The molecule has 0 radical (unpaired) electrons. The first-order chi connectivity index (χ1) is 13.8. The van der Waals surface area contributed by atoms with Gasteiger partial charge in [-0.1, -0.05) is 39.0 Å². The Morgan fingerprint density at radius 1 is 1.03 bits per heavy atom. The molecule has 0 spiro atoms. The Kier molecular flexibility index (Phi) is 8.21. The van der Waals surface area contributed by atoms with E-state index in [0.717, 1.165) is 5.75 Å². The molecule has 0 aliphatic heterocycles. The molecular weight excluding hydrogens is 392 g/mol. The van der Waals surface area contributed by atoms with Gasteiger partial charge in [-0.05, 0) is 34.6 Å². The quantitative estimate of drug-likeness (QED) is 0.482. The van der Waals surface area contributed by atoms with Crippen molar-refractivity contribution in [1.82, 2.24) is 10.6 Å². The number of esters is 1. The third kappa shape index (κ3) is 7.95. The highest BCUT2D eigenvalue weighted by Gasteiger charge is 2.13. The molecule has 0 aliphatic carbocycles. The number of nitrogens with one attached hydrogen (secondary N) is 2. The molecule has 2 rings (SSSR count). The van der Waals surface area contributed by atoms with Crippen LogP contribution in [0.2, 0.25) is 0 Å². The van der Waals surface area contributed by atoms with Crippen LogP contribution in [0.3, 0.4) is 0 Å². The van der Waals surface area contributed by atoms with Gasteiger partial charge in [0.15, 0.2) is 6.61 Å². The fraction of sp³-hybridized carbons (Fsp3) is 0.381. The summed E-state index contributed by atoms with van der Waals surface area (Å²) >= 11 is 1.27. The first-order valence-corrected chi connectivity index (χ1v) is 10.1. The van der Waals surface area contributed by atoms with E-state index in [1.54, 1.807) is 17.5 Å². The number of hydrogen-bond acceptors (Lipinski definition) is 6. The van der Waals surface area contributed by atoms with Crippen molar-refractivity contribution in [1.29, 1.82) is 0 Å². The zero-order valence-electron chi connectivity index (χ0n) is 16.8. The van der Waals surface area contributed by atoms with Crippen LogP contribution in [0.15, 0.2) is 41.8 Å². The molecule has 0 aliphatic rings. The summed E-state index contributed by atoms with van der Waals surface area (Å²) in [6.45, 7) is 6.30. The number of hydrogen-bond donors (Lipinski definition) is 2. The highest BCUT2D eigenvalue weighted by Crippen LogP contribution is 2.24. The third-order valence-electron chi connectivity index (χ3n) is 3.92. The average molecular weight is 419 g/mol. The van der Waals surface area contributed by atoms with Gasteiger partial charge in [-0.15, -0.1) is 11.3 Å². The van der Waals surface area contributed by atoms with Crippen molar-refractivity contribution in [3.63, 3.8) is 0 Å². The van der Waals surface area contributed by atoms with Gasteiger partial charge in [-0.2, -0.15) is 0 Å². The molecule has 0 saturated carbocycles. The van der Waals surface area contributed by atoms with E-state index in [-0.39, 0.29) is 24.4 Å². The number of benzene rings is 1. The van der Waals surface area contributed by atoms with E-state index in [1.807, 2.05) is 24.3 Å². The predicted octanol–water partition coefficient (Wildman–Crippen LogP) is 2.51. The van der Waals surface area contributed by atoms with Crippen LogP contribution in [-0.2, 0) is 19.7 Å². The Bertz CT molecular complexity index is 811. The van der Waals surface area contributed by atoms with Gasteiger partial charge < -0.3 is 20.1 Å². The Hall–Kier alpha value is -2.87. The van der Waals surface area contributed by atoms with Crippen LogP contribution < -0.4 is 15.4 Å². The lowest BCUT2D eigenvalue weighted by Gasteiger charge is -2.19. The topological polar surface area (TPSA) is 93.7 Å². The summed E-state index contributed by atoms with van der Waals surface area (Å²) in [6, 6.07) is 11.2. The van der Waals surface area contributed by atoms with Gasteiger partial charge in [0, 0.05) is 0 Å². The second-order valence-electron chi connectivity index (χ2n) is 7.29. The van der Waals surface area contributed by atoms with Crippen LogP contribution in [0.1, 0.15) is 36.0 Å². The zero-order valence-corrected chi connectivity index (χ0v) is 17.6. The van der Waals surface area contributed by atoms with Crippen LogP contribution >= 0.6 is 11.3 Å². The second-order valence-corrected chi connectivity index (χ2v) is 8.24. The smallest absolute Gasteiger partial charge is 0.325 e. The van der Waals surface area contributed by atoms with Gasteiger partial charge in [0.2, 0.25) is 0 Å². The lowest BCUT2D eigenvalue weighted by atomic mass is 9.87. The molecule has 1 aromatic carbocycles. The van der Waals surface area contributed by atoms with Crippen molar-refractivity contribution in [2.75, 3.05) is 26.3 Å². The molecule has 7 nitrogen and oxygen atoms in total. The SMILES string of the molecule is CC(C)(C)c1ccc(OCCNC(=O)COC(=O)CNC(=O)c2cccs2)cc1.